The topological polar surface area (TPSA) is 59.2 Å². The standard InChI is InChI=1S/C19H18F3N3O2/c1-26-13-7-8-17(27-2)16(9-13)25-18(12-10-23-24-11-12)14-5-3-4-6-15(14)19(20,21)22/h3-11,18,25H,1-2H3,(H,23,24). The summed E-state index contributed by atoms with van der Waals surface area (Å²) >= 11 is 0. The number of halogens is 3. The number of aromatic amines is 1. The van der Waals surface area contributed by atoms with Crippen LogP contribution in [-0.4, -0.2) is 24.4 Å². The second-order valence-corrected chi connectivity index (χ2v) is 5.76. The zero-order valence-electron chi connectivity index (χ0n) is 14.7. The number of alkyl halides is 3. The van der Waals surface area contributed by atoms with Gasteiger partial charge < -0.3 is 14.8 Å². The Morgan fingerprint density at radius 3 is 2.48 bits per heavy atom. The Morgan fingerprint density at radius 2 is 1.85 bits per heavy atom. The lowest BCUT2D eigenvalue weighted by atomic mass is 9.95. The molecule has 0 saturated carbocycles. The maximum Gasteiger partial charge on any atom is 0.416 e. The molecule has 0 spiro atoms. The van der Waals surface area contributed by atoms with E-state index in [0.29, 0.717) is 22.7 Å². The third-order valence-electron chi connectivity index (χ3n) is 4.14. The van der Waals surface area contributed by atoms with E-state index in [1.807, 2.05) is 0 Å². The van der Waals surface area contributed by atoms with Crippen molar-refractivity contribution in [2.75, 3.05) is 19.5 Å². The minimum absolute atomic E-state index is 0.0799. The van der Waals surface area contributed by atoms with E-state index in [1.54, 1.807) is 30.5 Å². The first-order valence-electron chi connectivity index (χ1n) is 8.07. The van der Waals surface area contributed by atoms with Crippen LogP contribution < -0.4 is 14.8 Å². The number of nitrogens with zero attached hydrogens (tertiary/aromatic N) is 1. The first-order valence-corrected chi connectivity index (χ1v) is 8.07. The SMILES string of the molecule is COc1ccc(OC)c(NC(c2cn[nH]c2)c2ccccc2C(F)(F)F)c1. The van der Waals surface area contributed by atoms with Gasteiger partial charge >= 0.3 is 6.18 Å². The summed E-state index contributed by atoms with van der Waals surface area (Å²) in [7, 11) is 3.00. The number of aromatic nitrogens is 2. The quantitative estimate of drug-likeness (QED) is 0.657. The van der Waals surface area contributed by atoms with Crippen molar-refractivity contribution in [1.82, 2.24) is 10.2 Å². The van der Waals surface area contributed by atoms with Gasteiger partial charge in [-0.1, -0.05) is 18.2 Å². The molecule has 0 radical (unpaired) electrons. The molecule has 2 N–H and O–H groups in total. The van der Waals surface area contributed by atoms with E-state index < -0.39 is 17.8 Å². The van der Waals surface area contributed by atoms with Crippen molar-refractivity contribution in [2.24, 2.45) is 0 Å². The summed E-state index contributed by atoms with van der Waals surface area (Å²) in [6.45, 7) is 0. The average molecular weight is 377 g/mol. The van der Waals surface area contributed by atoms with Crippen molar-refractivity contribution in [3.8, 4) is 11.5 Å². The first kappa shape index (κ1) is 18.6. The zero-order valence-corrected chi connectivity index (χ0v) is 14.7. The lowest BCUT2D eigenvalue weighted by Crippen LogP contribution is -2.18. The molecule has 2 aromatic carbocycles. The van der Waals surface area contributed by atoms with Crippen LogP contribution in [0.15, 0.2) is 54.9 Å². The highest BCUT2D eigenvalue weighted by atomic mass is 19.4. The molecule has 0 bridgehead atoms. The predicted molar refractivity (Wildman–Crippen MR) is 95.0 cm³/mol. The molecule has 3 rings (SSSR count). The molecule has 0 aliphatic heterocycles. The molecule has 1 atom stereocenters. The summed E-state index contributed by atoms with van der Waals surface area (Å²) in [6.07, 6.45) is -1.45. The fourth-order valence-electron chi connectivity index (χ4n) is 2.85. The molecule has 1 heterocycles. The van der Waals surface area contributed by atoms with Crippen molar-refractivity contribution in [1.29, 1.82) is 0 Å². The molecule has 27 heavy (non-hydrogen) atoms. The van der Waals surface area contributed by atoms with Crippen LogP contribution in [0.5, 0.6) is 11.5 Å². The van der Waals surface area contributed by atoms with Crippen molar-refractivity contribution in [2.45, 2.75) is 12.2 Å². The van der Waals surface area contributed by atoms with Gasteiger partial charge in [-0.2, -0.15) is 18.3 Å². The van der Waals surface area contributed by atoms with Gasteiger partial charge in [-0.3, -0.25) is 5.10 Å². The molecular weight excluding hydrogens is 359 g/mol. The monoisotopic (exact) mass is 377 g/mol. The van der Waals surface area contributed by atoms with E-state index >= 15 is 0 Å². The minimum atomic E-state index is -4.49. The van der Waals surface area contributed by atoms with Crippen molar-refractivity contribution >= 4 is 5.69 Å². The van der Waals surface area contributed by atoms with Gasteiger partial charge in [0.1, 0.15) is 11.5 Å². The van der Waals surface area contributed by atoms with E-state index in [4.69, 9.17) is 9.47 Å². The highest BCUT2D eigenvalue weighted by Gasteiger charge is 2.35. The molecule has 0 fully saturated rings. The molecule has 1 aromatic heterocycles. The predicted octanol–water partition coefficient (Wildman–Crippen LogP) is 4.65. The van der Waals surface area contributed by atoms with Gasteiger partial charge in [-0.15, -0.1) is 0 Å². The van der Waals surface area contributed by atoms with Crippen LogP contribution in [0.25, 0.3) is 0 Å². The second-order valence-electron chi connectivity index (χ2n) is 5.76. The molecule has 3 aromatic rings. The number of nitrogens with one attached hydrogen (secondary N) is 2. The number of benzene rings is 2. The van der Waals surface area contributed by atoms with Gasteiger partial charge in [0.25, 0.3) is 0 Å². The summed E-state index contributed by atoms with van der Waals surface area (Å²) in [5.41, 5.74) is 0.415. The van der Waals surface area contributed by atoms with Crippen LogP contribution >= 0.6 is 0 Å². The Morgan fingerprint density at radius 1 is 1.07 bits per heavy atom. The highest BCUT2D eigenvalue weighted by molar-refractivity contribution is 5.62. The van der Waals surface area contributed by atoms with Gasteiger partial charge in [0.2, 0.25) is 0 Å². The summed E-state index contributed by atoms with van der Waals surface area (Å²) in [6, 6.07) is 9.70. The maximum absolute atomic E-state index is 13.6. The number of ether oxygens (including phenoxy) is 2. The third kappa shape index (κ3) is 3.99. The summed E-state index contributed by atoms with van der Waals surface area (Å²) < 4.78 is 51.2. The molecule has 0 aliphatic rings. The van der Waals surface area contributed by atoms with Gasteiger partial charge in [-0.05, 0) is 23.8 Å². The Kier molecular flexibility index (Phi) is 5.25. The van der Waals surface area contributed by atoms with E-state index in [2.05, 4.69) is 15.5 Å². The Hall–Kier alpha value is -3.16. The van der Waals surface area contributed by atoms with Crippen LogP contribution in [-0.2, 0) is 6.18 Å². The van der Waals surface area contributed by atoms with Gasteiger partial charge in [0.05, 0.1) is 37.7 Å². The van der Waals surface area contributed by atoms with Crippen LogP contribution in [0.4, 0.5) is 18.9 Å². The molecule has 8 heteroatoms. The number of rotatable bonds is 6. The Labute approximate surface area is 154 Å². The van der Waals surface area contributed by atoms with E-state index in [0.717, 1.165) is 6.07 Å². The van der Waals surface area contributed by atoms with E-state index in [-0.39, 0.29) is 5.56 Å². The summed E-state index contributed by atoms with van der Waals surface area (Å²) in [4.78, 5) is 0. The lowest BCUT2D eigenvalue weighted by Gasteiger charge is -2.24. The zero-order chi connectivity index (χ0) is 19.4. The van der Waals surface area contributed by atoms with Crippen LogP contribution in [0, 0.1) is 0 Å². The maximum atomic E-state index is 13.6. The van der Waals surface area contributed by atoms with Crippen LogP contribution in [0.2, 0.25) is 0 Å². The number of hydrogen-bond acceptors (Lipinski definition) is 4. The second kappa shape index (κ2) is 7.61. The normalized spacial score (nSPS) is 12.5. The molecule has 0 amide bonds. The molecular formula is C19H18F3N3O2. The number of anilines is 1. The number of H-pyrrole nitrogens is 1. The van der Waals surface area contributed by atoms with Gasteiger partial charge in [-0.25, -0.2) is 0 Å². The molecule has 0 saturated heterocycles. The van der Waals surface area contributed by atoms with Gasteiger partial charge in [0, 0.05) is 17.8 Å². The molecule has 0 aliphatic carbocycles. The summed E-state index contributed by atoms with van der Waals surface area (Å²) in [5, 5.41) is 9.66. The van der Waals surface area contributed by atoms with Crippen molar-refractivity contribution in [3.63, 3.8) is 0 Å². The van der Waals surface area contributed by atoms with E-state index in [1.165, 1.54) is 32.5 Å². The van der Waals surface area contributed by atoms with Crippen molar-refractivity contribution < 1.29 is 22.6 Å². The van der Waals surface area contributed by atoms with Crippen LogP contribution in [0.3, 0.4) is 0 Å². The molecule has 1 unspecified atom stereocenters. The largest absolute Gasteiger partial charge is 0.497 e. The minimum Gasteiger partial charge on any atom is -0.497 e. The first-order chi connectivity index (χ1) is 12.9. The molecule has 5 nitrogen and oxygen atoms in total. The highest BCUT2D eigenvalue weighted by Crippen LogP contribution is 2.39. The summed E-state index contributed by atoms with van der Waals surface area (Å²) in [5.74, 6) is 1.03. The fraction of sp³-hybridized carbons (Fsp3) is 0.211. The Bertz CT molecular complexity index is 895. The fourth-order valence-corrected chi connectivity index (χ4v) is 2.85. The van der Waals surface area contributed by atoms with Crippen LogP contribution in [0.1, 0.15) is 22.7 Å². The van der Waals surface area contributed by atoms with Crippen molar-refractivity contribution in [3.05, 3.63) is 71.5 Å². The smallest absolute Gasteiger partial charge is 0.416 e. The van der Waals surface area contributed by atoms with E-state index in [9.17, 15) is 13.2 Å². The Balaban J connectivity index is 2.11. The number of methoxy groups -OCH3 is 2. The average Bonchev–Trinajstić information content (AvgIpc) is 3.19. The molecule has 142 valence electrons. The third-order valence-corrected chi connectivity index (χ3v) is 4.14. The number of hydrogen-bond donors (Lipinski definition) is 2. The lowest BCUT2D eigenvalue weighted by molar-refractivity contribution is -0.138. The van der Waals surface area contributed by atoms with Gasteiger partial charge in [0.15, 0.2) is 0 Å².